The standard InChI is InChI=1S/C14H24N2O4/c1-9-5-10(2)16(8-9)13(20)15-11(17)6-14(3,4)7-12(18)19/h9-10H,5-8H2,1-4H3,(H,18,19)(H,15,17,20). The Morgan fingerprint density at radius 2 is 1.85 bits per heavy atom. The molecule has 1 aliphatic heterocycles. The molecule has 0 spiro atoms. The molecule has 0 aromatic rings. The lowest BCUT2D eigenvalue weighted by molar-refractivity contribution is -0.139. The third kappa shape index (κ3) is 4.83. The van der Waals surface area contributed by atoms with E-state index in [0.717, 1.165) is 6.42 Å². The van der Waals surface area contributed by atoms with Crippen molar-refractivity contribution in [1.29, 1.82) is 0 Å². The first-order valence-corrected chi connectivity index (χ1v) is 6.93. The Bertz CT molecular complexity index is 406. The van der Waals surface area contributed by atoms with E-state index in [1.165, 1.54) is 0 Å². The number of nitrogens with zero attached hydrogens (tertiary/aromatic N) is 1. The zero-order chi connectivity index (χ0) is 15.5. The molecule has 1 saturated heterocycles. The first-order chi connectivity index (χ1) is 9.10. The molecule has 0 saturated carbocycles. The van der Waals surface area contributed by atoms with Gasteiger partial charge in [0.05, 0.1) is 6.42 Å². The van der Waals surface area contributed by atoms with Crippen molar-refractivity contribution in [3.63, 3.8) is 0 Å². The number of imide groups is 1. The summed E-state index contributed by atoms with van der Waals surface area (Å²) >= 11 is 0. The van der Waals surface area contributed by atoms with E-state index >= 15 is 0 Å². The summed E-state index contributed by atoms with van der Waals surface area (Å²) in [7, 11) is 0. The first-order valence-electron chi connectivity index (χ1n) is 6.93. The van der Waals surface area contributed by atoms with Gasteiger partial charge in [-0.2, -0.15) is 0 Å². The molecule has 1 rings (SSSR count). The normalized spacial score (nSPS) is 22.7. The number of nitrogens with one attached hydrogen (secondary N) is 1. The number of rotatable bonds is 4. The second-order valence-corrected chi connectivity index (χ2v) is 6.61. The van der Waals surface area contributed by atoms with Gasteiger partial charge < -0.3 is 10.0 Å². The summed E-state index contributed by atoms with van der Waals surface area (Å²) in [5.41, 5.74) is -0.667. The summed E-state index contributed by atoms with van der Waals surface area (Å²) in [4.78, 5) is 36.2. The van der Waals surface area contributed by atoms with Gasteiger partial charge in [-0.1, -0.05) is 20.8 Å². The molecule has 1 heterocycles. The molecule has 2 unspecified atom stereocenters. The highest BCUT2D eigenvalue weighted by atomic mass is 16.4. The van der Waals surface area contributed by atoms with Crippen molar-refractivity contribution >= 4 is 17.9 Å². The Balaban J connectivity index is 2.50. The van der Waals surface area contributed by atoms with E-state index in [4.69, 9.17) is 5.11 Å². The van der Waals surface area contributed by atoms with E-state index < -0.39 is 17.3 Å². The van der Waals surface area contributed by atoms with Crippen LogP contribution in [0.2, 0.25) is 0 Å². The van der Waals surface area contributed by atoms with Crippen molar-refractivity contribution in [1.82, 2.24) is 10.2 Å². The third-order valence-electron chi connectivity index (χ3n) is 3.56. The van der Waals surface area contributed by atoms with Crippen LogP contribution in [0.5, 0.6) is 0 Å². The van der Waals surface area contributed by atoms with Crippen LogP contribution in [0.25, 0.3) is 0 Å². The molecule has 6 heteroatoms. The van der Waals surface area contributed by atoms with Gasteiger partial charge in [0, 0.05) is 19.0 Å². The first kappa shape index (κ1) is 16.5. The van der Waals surface area contributed by atoms with E-state index in [1.807, 2.05) is 6.92 Å². The summed E-state index contributed by atoms with van der Waals surface area (Å²) in [5.74, 6) is -0.932. The van der Waals surface area contributed by atoms with Gasteiger partial charge in [0.1, 0.15) is 0 Å². The zero-order valence-electron chi connectivity index (χ0n) is 12.6. The molecule has 114 valence electrons. The fourth-order valence-electron chi connectivity index (χ4n) is 2.72. The van der Waals surface area contributed by atoms with Crippen LogP contribution in [-0.2, 0) is 9.59 Å². The molecule has 3 amide bonds. The Kier molecular flexibility index (Phi) is 5.14. The number of carbonyl (C=O) groups is 3. The summed E-state index contributed by atoms with van der Waals surface area (Å²) in [6.07, 6.45) is 0.848. The van der Waals surface area contributed by atoms with Crippen molar-refractivity contribution in [2.24, 2.45) is 11.3 Å². The predicted molar refractivity (Wildman–Crippen MR) is 74.1 cm³/mol. The molecule has 2 N–H and O–H groups in total. The topological polar surface area (TPSA) is 86.7 Å². The van der Waals surface area contributed by atoms with Crippen LogP contribution in [0.3, 0.4) is 0 Å². The van der Waals surface area contributed by atoms with Crippen LogP contribution in [0.1, 0.15) is 47.0 Å². The smallest absolute Gasteiger partial charge is 0.324 e. The molecule has 20 heavy (non-hydrogen) atoms. The number of amides is 3. The van der Waals surface area contributed by atoms with Gasteiger partial charge in [-0.3, -0.25) is 14.9 Å². The maximum Gasteiger partial charge on any atom is 0.324 e. The monoisotopic (exact) mass is 284 g/mol. The second kappa shape index (κ2) is 6.24. The van der Waals surface area contributed by atoms with Crippen LogP contribution in [-0.4, -0.2) is 40.5 Å². The number of aliphatic carboxylic acids is 1. The van der Waals surface area contributed by atoms with Crippen molar-refractivity contribution in [2.45, 2.75) is 53.0 Å². The Labute approximate surface area is 119 Å². The van der Waals surface area contributed by atoms with Gasteiger partial charge in [0.2, 0.25) is 5.91 Å². The number of likely N-dealkylation sites (tertiary alicyclic amines) is 1. The van der Waals surface area contributed by atoms with E-state index in [0.29, 0.717) is 12.5 Å². The number of urea groups is 1. The summed E-state index contributed by atoms with van der Waals surface area (Å²) in [5, 5.41) is 11.1. The predicted octanol–water partition coefficient (Wildman–Crippen LogP) is 1.84. The number of carboxylic acid groups (broad SMARTS) is 1. The molecule has 0 bridgehead atoms. The van der Waals surface area contributed by atoms with Crippen LogP contribution < -0.4 is 5.32 Å². The van der Waals surface area contributed by atoms with Gasteiger partial charge in [-0.05, 0) is 24.7 Å². The van der Waals surface area contributed by atoms with Gasteiger partial charge in [0.25, 0.3) is 0 Å². The molecule has 6 nitrogen and oxygen atoms in total. The molecule has 1 aliphatic rings. The van der Waals surface area contributed by atoms with Crippen molar-refractivity contribution in [3.8, 4) is 0 Å². The summed E-state index contributed by atoms with van der Waals surface area (Å²) < 4.78 is 0. The van der Waals surface area contributed by atoms with Crippen molar-refractivity contribution < 1.29 is 19.5 Å². The summed E-state index contributed by atoms with van der Waals surface area (Å²) in [6.45, 7) is 8.08. The van der Waals surface area contributed by atoms with Gasteiger partial charge in [0.15, 0.2) is 0 Å². The van der Waals surface area contributed by atoms with E-state index in [1.54, 1.807) is 18.7 Å². The highest BCUT2D eigenvalue weighted by Gasteiger charge is 2.32. The number of carbonyl (C=O) groups excluding carboxylic acids is 2. The van der Waals surface area contributed by atoms with Gasteiger partial charge >= 0.3 is 12.0 Å². The van der Waals surface area contributed by atoms with E-state index in [-0.39, 0.29) is 24.9 Å². The lowest BCUT2D eigenvalue weighted by atomic mass is 9.85. The molecule has 0 aromatic carbocycles. The van der Waals surface area contributed by atoms with Crippen LogP contribution in [0, 0.1) is 11.3 Å². The fraction of sp³-hybridized carbons (Fsp3) is 0.786. The molecule has 1 fully saturated rings. The largest absolute Gasteiger partial charge is 0.481 e. The third-order valence-corrected chi connectivity index (χ3v) is 3.56. The molecule has 0 aromatic heterocycles. The second-order valence-electron chi connectivity index (χ2n) is 6.61. The lowest BCUT2D eigenvalue weighted by Crippen LogP contribution is -2.45. The van der Waals surface area contributed by atoms with Crippen molar-refractivity contribution in [3.05, 3.63) is 0 Å². The molecule has 0 radical (unpaired) electrons. The minimum atomic E-state index is -0.948. The van der Waals surface area contributed by atoms with E-state index in [2.05, 4.69) is 12.2 Å². The molecular formula is C14H24N2O4. The highest BCUT2D eigenvalue weighted by molar-refractivity contribution is 5.94. The maximum absolute atomic E-state index is 12.0. The SMILES string of the molecule is CC1CC(C)N(C(=O)NC(=O)CC(C)(C)CC(=O)O)C1. The zero-order valence-corrected chi connectivity index (χ0v) is 12.6. The Morgan fingerprint density at radius 3 is 2.30 bits per heavy atom. The number of hydrogen-bond acceptors (Lipinski definition) is 3. The van der Waals surface area contributed by atoms with Gasteiger partial charge in [-0.25, -0.2) is 4.79 Å². The quantitative estimate of drug-likeness (QED) is 0.824. The molecule has 0 aliphatic carbocycles. The maximum atomic E-state index is 12.0. The minimum absolute atomic E-state index is 0.0167. The highest BCUT2D eigenvalue weighted by Crippen LogP contribution is 2.25. The molecule has 2 atom stereocenters. The number of hydrogen-bond donors (Lipinski definition) is 2. The van der Waals surface area contributed by atoms with Crippen molar-refractivity contribution in [2.75, 3.05) is 6.54 Å². The summed E-state index contributed by atoms with van der Waals surface area (Å²) in [6, 6.07) is -0.247. The molecular weight excluding hydrogens is 260 g/mol. The average molecular weight is 284 g/mol. The van der Waals surface area contributed by atoms with E-state index in [9.17, 15) is 14.4 Å². The minimum Gasteiger partial charge on any atom is -0.481 e. The average Bonchev–Trinajstić information content (AvgIpc) is 2.54. The van der Waals surface area contributed by atoms with Crippen LogP contribution >= 0.6 is 0 Å². The lowest BCUT2D eigenvalue weighted by Gasteiger charge is -2.24. The Hall–Kier alpha value is -1.59. The van der Waals surface area contributed by atoms with Crippen LogP contribution in [0.4, 0.5) is 4.79 Å². The number of carboxylic acids is 1. The fourth-order valence-corrected chi connectivity index (χ4v) is 2.72. The van der Waals surface area contributed by atoms with Gasteiger partial charge in [-0.15, -0.1) is 0 Å². The van der Waals surface area contributed by atoms with Crippen LogP contribution in [0.15, 0.2) is 0 Å². The Morgan fingerprint density at radius 1 is 1.25 bits per heavy atom.